The lowest BCUT2D eigenvalue weighted by Gasteiger charge is -2.24. The summed E-state index contributed by atoms with van der Waals surface area (Å²) in [4.78, 5) is 22.7. The maximum absolute atomic E-state index is 11.8. The number of ether oxygens (including phenoxy) is 1. The third-order valence-electron chi connectivity index (χ3n) is 2.72. The molecule has 0 aromatic carbocycles. The first-order valence-corrected chi connectivity index (χ1v) is 5.74. The van der Waals surface area contributed by atoms with E-state index in [2.05, 4.69) is 15.4 Å². The topological polar surface area (TPSA) is 67.4 Å². The van der Waals surface area contributed by atoms with Crippen molar-refractivity contribution >= 4 is 11.9 Å². The molecule has 1 fully saturated rings. The fraction of sp³-hybridized carbons (Fsp3) is 0.818. The summed E-state index contributed by atoms with van der Waals surface area (Å²) in [5, 5.41) is 5.98. The number of piperidine rings is 1. The second kappa shape index (κ2) is 6.48. The standard InChI is InChI=1S/C11H20N2O3/c1-8(7-10(14)16-2)13-11(15)9-5-3-4-6-12-9/h8-9,12H,3-7H2,1-2H3,(H,13,15)/t8?,9-/m0/s1. The maximum atomic E-state index is 11.8. The van der Waals surface area contributed by atoms with E-state index in [9.17, 15) is 9.59 Å². The molecule has 2 atom stereocenters. The number of rotatable bonds is 4. The molecule has 1 heterocycles. The van der Waals surface area contributed by atoms with Crippen molar-refractivity contribution in [2.45, 2.75) is 44.7 Å². The third-order valence-corrected chi connectivity index (χ3v) is 2.72. The lowest BCUT2D eigenvalue weighted by atomic mass is 10.0. The molecule has 0 radical (unpaired) electrons. The molecule has 0 saturated carbocycles. The molecule has 1 unspecified atom stereocenters. The molecule has 16 heavy (non-hydrogen) atoms. The van der Waals surface area contributed by atoms with Crippen LogP contribution in [0.25, 0.3) is 0 Å². The third kappa shape index (κ3) is 4.18. The minimum absolute atomic E-state index is 0.0175. The summed E-state index contributed by atoms with van der Waals surface area (Å²) in [6.07, 6.45) is 3.30. The van der Waals surface area contributed by atoms with Crippen LogP contribution < -0.4 is 10.6 Å². The molecular weight excluding hydrogens is 208 g/mol. The van der Waals surface area contributed by atoms with Gasteiger partial charge in [0.25, 0.3) is 0 Å². The van der Waals surface area contributed by atoms with Crippen LogP contribution in [0.5, 0.6) is 0 Å². The van der Waals surface area contributed by atoms with Gasteiger partial charge in [-0.25, -0.2) is 0 Å². The SMILES string of the molecule is COC(=O)CC(C)NC(=O)[C@@H]1CCCCN1. The molecule has 1 saturated heterocycles. The van der Waals surface area contributed by atoms with Crippen LogP contribution in [-0.2, 0) is 14.3 Å². The predicted octanol–water partition coefficient (Wildman–Crippen LogP) is 0.196. The summed E-state index contributed by atoms with van der Waals surface area (Å²) in [5.74, 6) is -0.319. The van der Waals surface area contributed by atoms with Crippen molar-refractivity contribution in [2.75, 3.05) is 13.7 Å². The van der Waals surface area contributed by atoms with Crippen molar-refractivity contribution in [1.82, 2.24) is 10.6 Å². The van der Waals surface area contributed by atoms with E-state index in [1.54, 1.807) is 6.92 Å². The number of hydrogen-bond donors (Lipinski definition) is 2. The number of carbonyl (C=O) groups excluding carboxylic acids is 2. The highest BCUT2D eigenvalue weighted by Crippen LogP contribution is 2.07. The van der Waals surface area contributed by atoms with Crippen LogP contribution in [0.2, 0.25) is 0 Å². The lowest BCUT2D eigenvalue weighted by molar-refractivity contribution is -0.141. The van der Waals surface area contributed by atoms with Gasteiger partial charge >= 0.3 is 5.97 Å². The molecule has 2 N–H and O–H groups in total. The van der Waals surface area contributed by atoms with E-state index in [4.69, 9.17) is 0 Å². The Balaban J connectivity index is 2.29. The van der Waals surface area contributed by atoms with Crippen molar-refractivity contribution in [3.63, 3.8) is 0 Å². The summed E-state index contributed by atoms with van der Waals surface area (Å²) >= 11 is 0. The Morgan fingerprint density at radius 2 is 2.25 bits per heavy atom. The van der Waals surface area contributed by atoms with E-state index in [-0.39, 0.29) is 30.4 Å². The van der Waals surface area contributed by atoms with E-state index in [0.29, 0.717) is 0 Å². The van der Waals surface area contributed by atoms with Crippen LogP contribution in [-0.4, -0.2) is 37.6 Å². The van der Waals surface area contributed by atoms with Gasteiger partial charge < -0.3 is 15.4 Å². The summed E-state index contributed by atoms with van der Waals surface area (Å²) in [5.41, 5.74) is 0. The van der Waals surface area contributed by atoms with Crippen molar-refractivity contribution in [2.24, 2.45) is 0 Å². The zero-order valence-corrected chi connectivity index (χ0v) is 9.91. The maximum Gasteiger partial charge on any atom is 0.307 e. The van der Waals surface area contributed by atoms with Gasteiger partial charge in [0.05, 0.1) is 19.6 Å². The smallest absolute Gasteiger partial charge is 0.307 e. The highest BCUT2D eigenvalue weighted by atomic mass is 16.5. The van der Waals surface area contributed by atoms with E-state index in [0.717, 1.165) is 25.8 Å². The monoisotopic (exact) mass is 228 g/mol. The van der Waals surface area contributed by atoms with Crippen LogP contribution >= 0.6 is 0 Å². The van der Waals surface area contributed by atoms with E-state index in [1.807, 2.05) is 0 Å². The fourth-order valence-corrected chi connectivity index (χ4v) is 1.80. The zero-order chi connectivity index (χ0) is 12.0. The number of carbonyl (C=O) groups is 2. The number of nitrogens with one attached hydrogen (secondary N) is 2. The Morgan fingerprint density at radius 3 is 2.81 bits per heavy atom. The van der Waals surface area contributed by atoms with E-state index >= 15 is 0 Å². The van der Waals surface area contributed by atoms with Gasteiger partial charge in [-0.15, -0.1) is 0 Å². The van der Waals surface area contributed by atoms with Gasteiger partial charge in [0.2, 0.25) is 5.91 Å². The second-order valence-corrected chi connectivity index (χ2v) is 4.19. The molecule has 0 aromatic rings. The van der Waals surface area contributed by atoms with Gasteiger partial charge in [0.15, 0.2) is 0 Å². The highest BCUT2D eigenvalue weighted by molar-refractivity contribution is 5.82. The largest absolute Gasteiger partial charge is 0.469 e. The molecule has 1 aliphatic heterocycles. The van der Waals surface area contributed by atoms with Gasteiger partial charge in [-0.1, -0.05) is 6.42 Å². The predicted molar refractivity (Wildman–Crippen MR) is 59.9 cm³/mol. The second-order valence-electron chi connectivity index (χ2n) is 4.19. The Hall–Kier alpha value is -1.10. The Kier molecular flexibility index (Phi) is 5.25. The average Bonchev–Trinajstić information content (AvgIpc) is 2.29. The molecule has 0 bridgehead atoms. The van der Waals surface area contributed by atoms with Gasteiger partial charge in [-0.05, 0) is 26.3 Å². The highest BCUT2D eigenvalue weighted by Gasteiger charge is 2.22. The molecule has 92 valence electrons. The van der Waals surface area contributed by atoms with Crippen LogP contribution in [0.3, 0.4) is 0 Å². The number of esters is 1. The fourth-order valence-electron chi connectivity index (χ4n) is 1.80. The average molecular weight is 228 g/mol. The molecular formula is C11H20N2O3. The van der Waals surface area contributed by atoms with E-state index < -0.39 is 0 Å². The summed E-state index contributed by atoms with van der Waals surface area (Å²) < 4.78 is 4.54. The summed E-state index contributed by atoms with van der Waals surface area (Å²) in [6.45, 7) is 2.70. The van der Waals surface area contributed by atoms with Crippen molar-refractivity contribution in [1.29, 1.82) is 0 Å². The minimum atomic E-state index is -0.301. The molecule has 0 aliphatic carbocycles. The lowest BCUT2D eigenvalue weighted by Crippen LogP contribution is -2.49. The van der Waals surface area contributed by atoms with Gasteiger partial charge in [-0.3, -0.25) is 9.59 Å². The number of methoxy groups -OCH3 is 1. The first-order chi connectivity index (χ1) is 7.63. The van der Waals surface area contributed by atoms with Crippen LogP contribution in [0, 0.1) is 0 Å². The molecule has 1 aliphatic rings. The zero-order valence-electron chi connectivity index (χ0n) is 9.91. The first-order valence-electron chi connectivity index (χ1n) is 5.74. The first kappa shape index (κ1) is 13.0. The number of hydrogen-bond acceptors (Lipinski definition) is 4. The van der Waals surface area contributed by atoms with Crippen molar-refractivity contribution in [3.8, 4) is 0 Å². The summed E-state index contributed by atoms with van der Waals surface area (Å²) in [7, 11) is 1.35. The van der Waals surface area contributed by atoms with Crippen LogP contribution in [0.1, 0.15) is 32.6 Å². The van der Waals surface area contributed by atoms with Crippen LogP contribution in [0.4, 0.5) is 0 Å². The van der Waals surface area contributed by atoms with Crippen molar-refractivity contribution in [3.05, 3.63) is 0 Å². The molecule has 0 aromatic heterocycles. The quantitative estimate of drug-likeness (QED) is 0.674. The normalized spacial score (nSPS) is 22.2. The Labute approximate surface area is 95.9 Å². The molecule has 1 rings (SSSR count). The Morgan fingerprint density at radius 1 is 1.50 bits per heavy atom. The Bertz CT molecular complexity index is 250. The van der Waals surface area contributed by atoms with Gasteiger partial charge in [-0.2, -0.15) is 0 Å². The molecule has 5 nitrogen and oxygen atoms in total. The molecule has 0 spiro atoms. The minimum Gasteiger partial charge on any atom is -0.469 e. The van der Waals surface area contributed by atoms with Gasteiger partial charge in [0, 0.05) is 6.04 Å². The van der Waals surface area contributed by atoms with E-state index in [1.165, 1.54) is 7.11 Å². The van der Waals surface area contributed by atoms with Crippen molar-refractivity contribution < 1.29 is 14.3 Å². The number of amides is 1. The van der Waals surface area contributed by atoms with Crippen LogP contribution in [0.15, 0.2) is 0 Å². The molecule has 1 amide bonds. The molecule has 5 heteroatoms. The van der Waals surface area contributed by atoms with Gasteiger partial charge in [0.1, 0.15) is 0 Å². The summed E-state index contributed by atoms with van der Waals surface area (Å²) in [6, 6.07) is -0.280.